The summed E-state index contributed by atoms with van der Waals surface area (Å²) >= 11 is 11.6. The van der Waals surface area contributed by atoms with Gasteiger partial charge in [0, 0.05) is 5.02 Å². The Kier molecular flexibility index (Phi) is 7.46. The number of rotatable bonds is 6. The van der Waals surface area contributed by atoms with Crippen molar-refractivity contribution in [1.82, 2.24) is 5.32 Å². The highest BCUT2D eigenvalue weighted by Gasteiger charge is 2.21. The number of carbonyl (C=O) groups is 3. The lowest BCUT2D eigenvalue weighted by atomic mass is 10.2. The van der Waals surface area contributed by atoms with Crippen molar-refractivity contribution in [2.75, 3.05) is 11.9 Å². The number of ether oxygens (including phenoxy) is 1. The molecule has 2 aromatic rings. The molecule has 11 heteroatoms. The zero-order chi connectivity index (χ0) is 21.7. The molecule has 2 rings (SSSR count). The van der Waals surface area contributed by atoms with Crippen LogP contribution < -0.4 is 10.6 Å². The van der Waals surface area contributed by atoms with Crippen LogP contribution in [0.15, 0.2) is 30.3 Å². The van der Waals surface area contributed by atoms with Gasteiger partial charge in [-0.15, -0.1) is 0 Å². The number of hydrogen-bond donors (Lipinski definition) is 2. The summed E-state index contributed by atoms with van der Waals surface area (Å²) in [6, 6.07) is 5.52. The van der Waals surface area contributed by atoms with Gasteiger partial charge >= 0.3 is 5.97 Å². The lowest BCUT2D eigenvalue weighted by molar-refractivity contribution is -0.130. The molecule has 0 radical (unpaired) electrons. The van der Waals surface area contributed by atoms with E-state index in [2.05, 4.69) is 5.32 Å². The first-order valence-electron chi connectivity index (χ1n) is 7.97. The molecule has 1 atom stereocenters. The zero-order valence-corrected chi connectivity index (χ0v) is 16.2. The van der Waals surface area contributed by atoms with Gasteiger partial charge < -0.3 is 15.4 Å². The average Bonchev–Trinajstić information content (AvgIpc) is 2.66. The molecule has 0 aromatic heterocycles. The highest BCUT2D eigenvalue weighted by Crippen LogP contribution is 2.22. The maximum Gasteiger partial charge on any atom is 0.340 e. The monoisotopic (exact) mass is 448 g/mol. The van der Waals surface area contributed by atoms with Gasteiger partial charge in [0.05, 0.1) is 22.8 Å². The van der Waals surface area contributed by atoms with Gasteiger partial charge in [-0.25, -0.2) is 18.0 Å². The standard InChI is InChI=1S/C18H13Cl2F3N2O4/c1-8(29-18(28)10-3-2-9(19)6-11(10)20)17(27)24-7-14(26)25-13-5-4-12(21)15(22)16(13)23/h2-6,8H,7H2,1H3,(H,24,27)(H,25,26). The largest absolute Gasteiger partial charge is 0.449 e. The molecule has 0 saturated heterocycles. The van der Waals surface area contributed by atoms with Crippen LogP contribution in [0.25, 0.3) is 0 Å². The van der Waals surface area contributed by atoms with E-state index in [4.69, 9.17) is 27.9 Å². The normalized spacial score (nSPS) is 11.5. The van der Waals surface area contributed by atoms with E-state index in [1.165, 1.54) is 25.1 Å². The van der Waals surface area contributed by atoms with Crippen LogP contribution in [0.4, 0.5) is 18.9 Å². The third-order valence-electron chi connectivity index (χ3n) is 3.54. The van der Waals surface area contributed by atoms with Crippen LogP contribution in [0.1, 0.15) is 17.3 Å². The first-order chi connectivity index (χ1) is 13.6. The third-order valence-corrected chi connectivity index (χ3v) is 4.08. The van der Waals surface area contributed by atoms with Crippen molar-refractivity contribution in [3.63, 3.8) is 0 Å². The number of carbonyl (C=O) groups excluding carboxylic acids is 3. The van der Waals surface area contributed by atoms with Crippen LogP contribution in [0.2, 0.25) is 10.0 Å². The number of anilines is 1. The Bertz CT molecular complexity index is 972. The number of hydrogen-bond acceptors (Lipinski definition) is 4. The summed E-state index contributed by atoms with van der Waals surface area (Å²) in [5, 5.41) is 4.47. The predicted molar refractivity (Wildman–Crippen MR) is 99.3 cm³/mol. The Hall–Kier alpha value is -2.78. The summed E-state index contributed by atoms with van der Waals surface area (Å²) in [7, 11) is 0. The van der Waals surface area contributed by atoms with Gasteiger partial charge in [0.15, 0.2) is 23.6 Å². The minimum atomic E-state index is -1.74. The molecule has 6 nitrogen and oxygen atoms in total. The fourth-order valence-electron chi connectivity index (χ4n) is 2.06. The summed E-state index contributed by atoms with van der Waals surface area (Å²) in [5.74, 6) is -7.36. The van der Waals surface area contributed by atoms with Gasteiger partial charge in [-0.3, -0.25) is 9.59 Å². The van der Waals surface area contributed by atoms with Crippen LogP contribution in [0, 0.1) is 17.5 Å². The maximum atomic E-state index is 13.5. The molecule has 29 heavy (non-hydrogen) atoms. The first-order valence-corrected chi connectivity index (χ1v) is 8.72. The van der Waals surface area contributed by atoms with Crippen LogP contribution in [0.5, 0.6) is 0 Å². The highest BCUT2D eigenvalue weighted by molar-refractivity contribution is 6.36. The minimum absolute atomic E-state index is 0.0118. The lowest BCUT2D eigenvalue weighted by Crippen LogP contribution is -2.40. The molecule has 0 fully saturated rings. The summed E-state index contributed by atoms with van der Waals surface area (Å²) in [5.41, 5.74) is -0.609. The number of halogens is 5. The fraction of sp³-hybridized carbons (Fsp3) is 0.167. The van der Waals surface area contributed by atoms with Gasteiger partial charge in [0.2, 0.25) is 5.91 Å². The Morgan fingerprint density at radius 2 is 1.76 bits per heavy atom. The number of esters is 1. The molecule has 2 amide bonds. The Morgan fingerprint density at radius 1 is 1.07 bits per heavy atom. The molecule has 0 bridgehead atoms. The average molecular weight is 449 g/mol. The molecule has 1 unspecified atom stereocenters. The van der Waals surface area contributed by atoms with Crippen LogP contribution in [0.3, 0.4) is 0 Å². The van der Waals surface area contributed by atoms with Crippen LogP contribution >= 0.6 is 23.2 Å². The van der Waals surface area contributed by atoms with E-state index >= 15 is 0 Å². The van der Waals surface area contributed by atoms with Crippen molar-refractivity contribution < 1.29 is 32.3 Å². The summed E-state index contributed by atoms with van der Waals surface area (Å²) < 4.78 is 44.5. The van der Waals surface area contributed by atoms with E-state index in [-0.39, 0.29) is 10.6 Å². The van der Waals surface area contributed by atoms with E-state index in [1.54, 1.807) is 0 Å². The van der Waals surface area contributed by atoms with E-state index in [1.807, 2.05) is 5.32 Å². The Labute approximate surface area is 172 Å². The molecular weight excluding hydrogens is 436 g/mol. The van der Waals surface area contributed by atoms with Crippen molar-refractivity contribution in [1.29, 1.82) is 0 Å². The molecule has 0 aliphatic heterocycles. The first kappa shape index (κ1) is 22.5. The van der Waals surface area contributed by atoms with E-state index < -0.39 is 53.6 Å². The van der Waals surface area contributed by atoms with Gasteiger partial charge in [0.1, 0.15) is 0 Å². The molecule has 0 spiro atoms. The number of nitrogens with one attached hydrogen (secondary N) is 2. The molecular formula is C18H13Cl2F3N2O4. The second-order valence-electron chi connectivity index (χ2n) is 5.66. The molecule has 2 aromatic carbocycles. The summed E-state index contributed by atoms with van der Waals surface area (Å²) in [6.07, 6.45) is -1.29. The lowest BCUT2D eigenvalue weighted by Gasteiger charge is -2.14. The van der Waals surface area contributed by atoms with Crippen LogP contribution in [-0.2, 0) is 14.3 Å². The number of benzene rings is 2. The topological polar surface area (TPSA) is 84.5 Å². The van der Waals surface area contributed by atoms with Crippen molar-refractivity contribution >= 4 is 46.7 Å². The fourth-order valence-corrected chi connectivity index (χ4v) is 2.55. The smallest absolute Gasteiger partial charge is 0.340 e. The predicted octanol–water partition coefficient (Wildman–Crippen LogP) is 3.71. The van der Waals surface area contributed by atoms with Gasteiger partial charge in [-0.1, -0.05) is 23.2 Å². The zero-order valence-electron chi connectivity index (χ0n) is 14.7. The van der Waals surface area contributed by atoms with E-state index in [0.29, 0.717) is 11.1 Å². The quantitative estimate of drug-likeness (QED) is 0.521. The van der Waals surface area contributed by atoms with Crippen molar-refractivity contribution in [2.24, 2.45) is 0 Å². The highest BCUT2D eigenvalue weighted by atomic mass is 35.5. The Morgan fingerprint density at radius 3 is 2.41 bits per heavy atom. The van der Waals surface area contributed by atoms with Gasteiger partial charge in [0.25, 0.3) is 5.91 Å². The molecule has 2 N–H and O–H groups in total. The van der Waals surface area contributed by atoms with Gasteiger partial charge in [-0.05, 0) is 37.3 Å². The number of amides is 2. The molecule has 0 saturated carbocycles. The van der Waals surface area contributed by atoms with Gasteiger partial charge in [-0.2, -0.15) is 0 Å². The van der Waals surface area contributed by atoms with E-state index in [0.717, 1.165) is 6.07 Å². The molecule has 0 heterocycles. The Balaban J connectivity index is 1.89. The second kappa shape index (κ2) is 9.62. The molecule has 154 valence electrons. The summed E-state index contributed by atoms with van der Waals surface area (Å²) in [6.45, 7) is 0.616. The molecule has 0 aliphatic rings. The summed E-state index contributed by atoms with van der Waals surface area (Å²) in [4.78, 5) is 35.8. The van der Waals surface area contributed by atoms with Crippen molar-refractivity contribution in [3.8, 4) is 0 Å². The van der Waals surface area contributed by atoms with Crippen molar-refractivity contribution in [2.45, 2.75) is 13.0 Å². The molecule has 0 aliphatic carbocycles. The second-order valence-corrected chi connectivity index (χ2v) is 6.50. The SMILES string of the molecule is CC(OC(=O)c1ccc(Cl)cc1Cl)C(=O)NCC(=O)Nc1ccc(F)c(F)c1F. The van der Waals surface area contributed by atoms with E-state index in [9.17, 15) is 27.6 Å². The van der Waals surface area contributed by atoms with Crippen molar-refractivity contribution in [3.05, 3.63) is 63.4 Å². The maximum absolute atomic E-state index is 13.5. The third kappa shape index (κ3) is 5.85. The van der Waals surface area contributed by atoms with Crippen LogP contribution in [-0.4, -0.2) is 30.4 Å². The minimum Gasteiger partial charge on any atom is -0.449 e.